The Morgan fingerprint density at radius 1 is 1.47 bits per heavy atom. The van der Waals surface area contributed by atoms with Gasteiger partial charge >= 0.3 is 0 Å². The number of carbonyl (C=O) groups is 1. The summed E-state index contributed by atoms with van der Waals surface area (Å²) in [6.07, 6.45) is 3.16. The molecule has 1 unspecified atom stereocenters. The fourth-order valence-corrected chi connectivity index (χ4v) is 2.10. The highest BCUT2D eigenvalue weighted by atomic mass is 19.1. The van der Waals surface area contributed by atoms with Crippen molar-refractivity contribution in [1.29, 1.82) is 0 Å². The summed E-state index contributed by atoms with van der Waals surface area (Å²) in [7, 11) is 0. The maximum absolute atomic E-state index is 13.7. The molecule has 104 valence electrons. The first-order chi connectivity index (χ1) is 9.11. The SMILES string of the molecule is CCC(N)CC(=O)N(Cc1ccccc1F)C1CC1. The third-order valence-electron chi connectivity index (χ3n) is 3.57. The van der Waals surface area contributed by atoms with Crippen LogP contribution in [0, 0.1) is 5.82 Å². The molecule has 3 nitrogen and oxygen atoms in total. The number of nitrogens with zero attached hydrogens (tertiary/aromatic N) is 1. The van der Waals surface area contributed by atoms with Crippen molar-refractivity contribution in [1.82, 2.24) is 4.90 Å². The van der Waals surface area contributed by atoms with E-state index in [9.17, 15) is 9.18 Å². The van der Waals surface area contributed by atoms with E-state index in [0.29, 0.717) is 18.5 Å². The van der Waals surface area contributed by atoms with Gasteiger partial charge in [-0.3, -0.25) is 4.79 Å². The second-order valence-corrected chi connectivity index (χ2v) is 5.22. The molecule has 1 aromatic carbocycles. The largest absolute Gasteiger partial charge is 0.335 e. The van der Waals surface area contributed by atoms with Crippen LogP contribution in [0.25, 0.3) is 0 Å². The third-order valence-corrected chi connectivity index (χ3v) is 3.57. The topological polar surface area (TPSA) is 46.3 Å². The van der Waals surface area contributed by atoms with E-state index in [1.807, 2.05) is 6.92 Å². The van der Waals surface area contributed by atoms with Gasteiger partial charge in [-0.1, -0.05) is 25.1 Å². The number of rotatable bonds is 6. The Balaban J connectivity index is 2.04. The molecule has 1 aliphatic rings. The van der Waals surface area contributed by atoms with Crippen LogP contribution in [0.15, 0.2) is 24.3 Å². The Bertz CT molecular complexity index is 446. The first-order valence-corrected chi connectivity index (χ1v) is 6.90. The zero-order valence-corrected chi connectivity index (χ0v) is 11.3. The van der Waals surface area contributed by atoms with Gasteiger partial charge in [0.2, 0.25) is 5.91 Å². The standard InChI is InChI=1S/C15H21FN2O/c1-2-12(17)9-15(19)18(13-7-8-13)10-11-5-3-4-6-14(11)16/h3-6,12-13H,2,7-10,17H2,1H3. The minimum absolute atomic E-state index is 0.0418. The van der Waals surface area contributed by atoms with Gasteiger partial charge in [0.05, 0.1) is 0 Å². The van der Waals surface area contributed by atoms with E-state index in [0.717, 1.165) is 19.3 Å². The van der Waals surface area contributed by atoms with Crippen molar-refractivity contribution in [3.05, 3.63) is 35.6 Å². The Kier molecular flexibility index (Phi) is 4.53. The Labute approximate surface area is 113 Å². The van der Waals surface area contributed by atoms with Crippen LogP contribution in [0.5, 0.6) is 0 Å². The molecule has 1 saturated carbocycles. The molecule has 2 N–H and O–H groups in total. The Hall–Kier alpha value is -1.42. The summed E-state index contributed by atoms with van der Waals surface area (Å²) in [5.41, 5.74) is 6.41. The quantitative estimate of drug-likeness (QED) is 0.857. The first kappa shape index (κ1) is 14.0. The van der Waals surface area contributed by atoms with Crippen molar-refractivity contribution in [2.24, 2.45) is 5.73 Å². The molecule has 0 aromatic heterocycles. The molecular formula is C15H21FN2O. The van der Waals surface area contributed by atoms with Gasteiger partial charge in [0, 0.05) is 30.6 Å². The van der Waals surface area contributed by atoms with Crippen molar-refractivity contribution in [3.63, 3.8) is 0 Å². The molecule has 0 heterocycles. The number of carbonyl (C=O) groups excluding carboxylic acids is 1. The number of hydrogen-bond acceptors (Lipinski definition) is 2. The number of nitrogens with two attached hydrogens (primary N) is 1. The highest BCUT2D eigenvalue weighted by molar-refractivity contribution is 5.77. The van der Waals surface area contributed by atoms with Gasteiger partial charge in [-0.25, -0.2) is 4.39 Å². The predicted octanol–water partition coefficient (Wildman–Crippen LogP) is 2.44. The molecule has 0 aliphatic heterocycles. The number of halogens is 1. The number of benzene rings is 1. The van der Waals surface area contributed by atoms with Crippen LogP contribution in [0.1, 0.15) is 38.2 Å². The van der Waals surface area contributed by atoms with Crippen LogP contribution >= 0.6 is 0 Å². The average molecular weight is 264 g/mol. The van der Waals surface area contributed by atoms with Gasteiger partial charge in [-0.2, -0.15) is 0 Å². The summed E-state index contributed by atoms with van der Waals surface area (Å²) in [5.74, 6) is -0.208. The van der Waals surface area contributed by atoms with Crippen LogP contribution in [0.4, 0.5) is 4.39 Å². The lowest BCUT2D eigenvalue weighted by molar-refractivity contribution is -0.132. The van der Waals surface area contributed by atoms with Crippen molar-refractivity contribution in [3.8, 4) is 0 Å². The van der Waals surface area contributed by atoms with E-state index in [1.54, 1.807) is 23.1 Å². The lowest BCUT2D eigenvalue weighted by Gasteiger charge is -2.24. The predicted molar refractivity (Wildman–Crippen MR) is 72.9 cm³/mol. The molecule has 4 heteroatoms. The molecule has 1 aromatic rings. The molecule has 0 spiro atoms. The summed E-state index contributed by atoms with van der Waals surface area (Å²) in [6.45, 7) is 2.32. The monoisotopic (exact) mass is 264 g/mol. The van der Waals surface area contributed by atoms with Crippen LogP contribution in [0.3, 0.4) is 0 Å². The summed E-state index contributed by atoms with van der Waals surface area (Å²) in [5, 5.41) is 0. The van der Waals surface area contributed by atoms with Crippen LogP contribution < -0.4 is 5.73 Å². The minimum atomic E-state index is -0.249. The maximum Gasteiger partial charge on any atom is 0.224 e. The second kappa shape index (κ2) is 6.15. The molecule has 1 aliphatic carbocycles. The minimum Gasteiger partial charge on any atom is -0.335 e. The normalized spacial score (nSPS) is 16.2. The Morgan fingerprint density at radius 3 is 2.74 bits per heavy atom. The van der Waals surface area contributed by atoms with E-state index in [-0.39, 0.29) is 23.8 Å². The molecule has 0 saturated heterocycles. The summed E-state index contributed by atoms with van der Waals surface area (Å²) < 4.78 is 13.7. The molecule has 0 bridgehead atoms. The summed E-state index contributed by atoms with van der Waals surface area (Å²) in [6, 6.07) is 6.80. The van der Waals surface area contributed by atoms with Gasteiger partial charge < -0.3 is 10.6 Å². The van der Waals surface area contributed by atoms with E-state index >= 15 is 0 Å². The van der Waals surface area contributed by atoms with Crippen LogP contribution in [0.2, 0.25) is 0 Å². The summed E-state index contributed by atoms with van der Waals surface area (Å²) >= 11 is 0. The molecule has 2 rings (SSSR count). The van der Waals surface area contributed by atoms with E-state index in [1.165, 1.54) is 6.07 Å². The highest BCUT2D eigenvalue weighted by Gasteiger charge is 2.33. The zero-order valence-electron chi connectivity index (χ0n) is 11.3. The lowest BCUT2D eigenvalue weighted by Crippen LogP contribution is -2.37. The smallest absolute Gasteiger partial charge is 0.224 e. The third kappa shape index (κ3) is 3.77. The molecular weight excluding hydrogens is 243 g/mol. The molecule has 1 fully saturated rings. The van der Waals surface area contributed by atoms with E-state index in [2.05, 4.69) is 0 Å². The lowest BCUT2D eigenvalue weighted by atomic mass is 10.1. The zero-order chi connectivity index (χ0) is 13.8. The van der Waals surface area contributed by atoms with E-state index in [4.69, 9.17) is 5.73 Å². The van der Waals surface area contributed by atoms with Gasteiger partial charge in [0.25, 0.3) is 0 Å². The van der Waals surface area contributed by atoms with Crippen molar-refractivity contribution >= 4 is 5.91 Å². The fourth-order valence-electron chi connectivity index (χ4n) is 2.10. The maximum atomic E-state index is 13.7. The molecule has 1 atom stereocenters. The Morgan fingerprint density at radius 2 is 2.16 bits per heavy atom. The van der Waals surface area contributed by atoms with Gasteiger partial charge in [-0.15, -0.1) is 0 Å². The summed E-state index contributed by atoms with van der Waals surface area (Å²) in [4.78, 5) is 14.0. The van der Waals surface area contributed by atoms with Gasteiger partial charge in [0.1, 0.15) is 5.82 Å². The number of amides is 1. The fraction of sp³-hybridized carbons (Fsp3) is 0.533. The van der Waals surface area contributed by atoms with Crippen LogP contribution in [-0.2, 0) is 11.3 Å². The van der Waals surface area contributed by atoms with Gasteiger partial charge in [0.15, 0.2) is 0 Å². The molecule has 0 radical (unpaired) electrons. The van der Waals surface area contributed by atoms with E-state index < -0.39 is 0 Å². The molecule has 1 amide bonds. The molecule has 19 heavy (non-hydrogen) atoms. The number of hydrogen-bond donors (Lipinski definition) is 1. The average Bonchev–Trinajstić information content (AvgIpc) is 3.21. The second-order valence-electron chi connectivity index (χ2n) is 5.22. The van der Waals surface area contributed by atoms with Crippen LogP contribution in [-0.4, -0.2) is 22.9 Å². The van der Waals surface area contributed by atoms with Crippen molar-refractivity contribution in [2.75, 3.05) is 0 Å². The van der Waals surface area contributed by atoms with Crippen molar-refractivity contribution < 1.29 is 9.18 Å². The first-order valence-electron chi connectivity index (χ1n) is 6.90. The van der Waals surface area contributed by atoms with Gasteiger partial charge in [-0.05, 0) is 25.3 Å². The van der Waals surface area contributed by atoms with Crippen molar-refractivity contribution in [2.45, 2.75) is 51.2 Å². The highest BCUT2D eigenvalue weighted by Crippen LogP contribution is 2.29.